The average molecular weight is 780 g/mol. The van der Waals surface area contributed by atoms with Crippen LogP contribution in [0, 0.1) is 0 Å². The van der Waals surface area contributed by atoms with Crippen LogP contribution in [0.4, 0.5) is 0 Å². The number of carbonyl (C=O) groups excluding carboxylic acids is 2. The molecule has 0 aromatic carbocycles. The lowest BCUT2D eigenvalue weighted by molar-refractivity contribution is -0.161. The van der Waals surface area contributed by atoms with E-state index in [0.717, 1.165) is 57.8 Å². The van der Waals surface area contributed by atoms with Gasteiger partial charge in [-0.15, -0.1) is 0 Å². The second kappa shape index (κ2) is 37.8. The summed E-state index contributed by atoms with van der Waals surface area (Å²) in [4.78, 5) is 34.8. The lowest BCUT2D eigenvalue weighted by atomic mass is 9.99. The third kappa shape index (κ3) is 36.3. The van der Waals surface area contributed by atoms with Crippen molar-refractivity contribution in [3.8, 4) is 0 Å². The van der Waals surface area contributed by atoms with E-state index in [1.807, 2.05) is 0 Å². The largest absolute Gasteiger partial charge is 0.472 e. The van der Waals surface area contributed by atoms with Gasteiger partial charge in [-0.1, -0.05) is 168 Å². The summed E-state index contributed by atoms with van der Waals surface area (Å²) in [6.45, 7) is 3.54. The minimum Gasteiger partial charge on any atom is -0.462 e. The Morgan fingerprint density at radius 2 is 0.925 bits per heavy atom. The van der Waals surface area contributed by atoms with Gasteiger partial charge >= 0.3 is 19.8 Å². The maximum Gasteiger partial charge on any atom is 0.472 e. The SMILES string of the molecule is CCCCCCCCCCCCCCCCCC(=O)OC[C@H](COP(=O)(O)OCCN)OC(=O)CCCCCCCC(O)C(O)CCCCCCCC. The minimum atomic E-state index is -4.41. The topological polar surface area (TPSA) is 175 Å². The van der Waals surface area contributed by atoms with Crippen LogP contribution in [-0.4, -0.2) is 71.7 Å². The number of esters is 2. The van der Waals surface area contributed by atoms with E-state index in [9.17, 15) is 29.3 Å². The van der Waals surface area contributed by atoms with Gasteiger partial charge in [-0.25, -0.2) is 4.57 Å². The lowest BCUT2D eigenvalue weighted by Crippen LogP contribution is -2.29. The highest BCUT2D eigenvalue weighted by molar-refractivity contribution is 7.47. The molecular weight excluding hydrogens is 697 g/mol. The molecule has 0 bridgehead atoms. The number of carbonyl (C=O) groups is 2. The number of ether oxygens (including phenoxy) is 2. The molecule has 0 rings (SSSR count). The maximum absolute atomic E-state index is 12.6. The van der Waals surface area contributed by atoms with Gasteiger partial charge in [-0.05, 0) is 25.7 Å². The molecule has 0 fully saturated rings. The Kier molecular flexibility index (Phi) is 37.1. The molecule has 0 saturated carbocycles. The number of aliphatic hydroxyl groups excluding tert-OH is 2. The van der Waals surface area contributed by atoms with Crippen molar-refractivity contribution in [1.29, 1.82) is 0 Å². The van der Waals surface area contributed by atoms with E-state index in [4.69, 9.17) is 24.3 Å². The van der Waals surface area contributed by atoms with Gasteiger partial charge in [0.05, 0.1) is 25.4 Å². The molecule has 4 atom stereocenters. The van der Waals surface area contributed by atoms with Gasteiger partial charge in [0.25, 0.3) is 0 Å². The summed E-state index contributed by atoms with van der Waals surface area (Å²) < 4.78 is 32.7. The molecule has 5 N–H and O–H groups in total. The first-order valence-electron chi connectivity index (χ1n) is 21.7. The zero-order valence-corrected chi connectivity index (χ0v) is 34.9. The van der Waals surface area contributed by atoms with Gasteiger partial charge in [-0.3, -0.25) is 18.6 Å². The predicted molar refractivity (Wildman–Crippen MR) is 213 cm³/mol. The molecule has 0 aliphatic rings. The Bertz CT molecular complexity index is 880. The van der Waals surface area contributed by atoms with Crippen LogP contribution < -0.4 is 5.73 Å². The average Bonchev–Trinajstić information content (AvgIpc) is 3.14. The molecule has 316 valence electrons. The number of hydrogen-bond donors (Lipinski definition) is 4. The van der Waals surface area contributed by atoms with Gasteiger partial charge in [0, 0.05) is 19.4 Å². The fourth-order valence-corrected chi connectivity index (χ4v) is 7.08. The van der Waals surface area contributed by atoms with Crippen molar-refractivity contribution in [1.82, 2.24) is 0 Å². The highest BCUT2D eigenvalue weighted by Gasteiger charge is 2.26. The zero-order chi connectivity index (χ0) is 39.3. The van der Waals surface area contributed by atoms with E-state index >= 15 is 0 Å². The first-order valence-corrected chi connectivity index (χ1v) is 23.2. The van der Waals surface area contributed by atoms with E-state index in [0.29, 0.717) is 19.3 Å². The number of unbranched alkanes of at least 4 members (excludes halogenated alkanes) is 23. The maximum atomic E-state index is 12.6. The minimum absolute atomic E-state index is 0.0328. The Morgan fingerprint density at radius 3 is 1.34 bits per heavy atom. The van der Waals surface area contributed by atoms with E-state index < -0.39 is 44.7 Å². The number of phosphoric acid groups is 1. The molecule has 12 heteroatoms. The molecule has 53 heavy (non-hydrogen) atoms. The van der Waals surface area contributed by atoms with Crippen LogP contribution in [0.3, 0.4) is 0 Å². The molecule has 0 amide bonds. The summed E-state index contributed by atoms with van der Waals surface area (Å²) in [6.07, 6.45) is 28.6. The molecule has 0 heterocycles. The fourth-order valence-electron chi connectivity index (χ4n) is 6.31. The molecule has 0 saturated heterocycles. The highest BCUT2D eigenvalue weighted by atomic mass is 31.2. The van der Waals surface area contributed by atoms with Crippen LogP contribution in [0.2, 0.25) is 0 Å². The van der Waals surface area contributed by atoms with Gasteiger partial charge in [0.2, 0.25) is 0 Å². The molecular formula is C41H82NO10P. The molecule has 0 aromatic heterocycles. The Morgan fingerprint density at radius 1 is 0.547 bits per heavy atom. The Labute approximate surface area is 323 Å². The molecule has 0 radical (unpaired) electrons. The number of rotatable bonds is 41. The highest BCUT2D eigenvalue weighted by Crippen LogP contribution is 2.43. The molecule has 0 aliphatic heterocycles. The standard InChI is InChI=1S/C41H82NO10P/c1-3-5-7-9-11-12-13-14-15-16-17-18-19-23-27-31-40(45)49-35-37(36-51-53(47,48)50-34-33-42)52-41(46)32-28-24-20-22-26-30-39(44)38(43)29-25-21-10-8-6-4-2/h37-39,43-44H,3-36,42H2,1-2H3,(H,47,48)/t37-,38?,39?/m1/s1. The molecule has 0 aliphatic carbocycles. The lowest BCUT2D eigenvalue weighted by Gasteiger charge is -2.20. The second-order valence-corrected chi connectivity index (χ2v) is 16.3. The van der Waals surface area contributed by atoms with E-state index in [1.54, 1.807) is 0 Å². The Hall–Kier alpha value is -1.07. The van der Waals surface area contributed by atoms with E-state index in [1.165, 1.54) is 103 Å². The zero-order valence-electron chi connectivity index (χ0n) is 34.0. The van der Waals surface area contributed by atoms with Crippen molar-refractivity contribution in [3.05, 3.63) is 0 Å². The van der Waals surface area contributed by atoms with Crippen LogP contribution in [0.25, 0.3) is 0 Å². The monoisotopic (exact) mass is 780 g/mol. The second-order valence-electron chi connectivity index (χ2n) is 14.9. The summed E-state index contributed by atoms with van der Waals surface area (Å²) in [5, 5.41) is 20.5. The Balaban J connectivity index is 4.24. The van der Waals surface area contributed by atoms with Gasteiger partial charge in [-0.2, -0.15) is 0 Å². The number of aliphatic hydroxyl groups is 2. The molecule has 11 nitrogen and oxygen atoms in total. The number of hydrogen-bond acceptors (Lipinski definition) is 10. The first-order chi connectivity index (χ1) is 25.6. The van der Waals surface area contributed by atoms with Crippen LogP contribution in [0.1, 0.15) is 206 Å². The van der Waals surface area contributed by atoms with Crippen LogP contribution >= 0.6 is 7.82 Å². The number of nitrogens with two attached hydrogens (primary N) is 1. The van der Waals surface area contributed by atoms with Crippen LogP contribution in [-0.2, 0) is 32.7 Å². The summed E-state index contributed by atoms with van der Waals surface area (Å²) in [6, 6.07) is 0. The van der Waals surface area contributed by atoms with Crippen molar-refractivity contribution in [2.45, 2.75) is 225 Å². The molecule has 0 aromatic rings. The normalized spacial score (nSPS) is 14.5. The van der Waals surface area contributed by atoms with E-state index in [2.05, 4.69) is 13.8 Å². The third-order valence-electron chi connectivity index (χ3n) is 9.69. The quantitative estimate of drug-likeness (QED) is 0.0264. The van der Waals surface area contributed by atoms with Crippen molar-refractivity contribution >= 4 is 19.8 Å². The molecule has 3 unspecified atom stereocenters. The summed E-state index contributed by atoms with van der Waals surface area (Å²) >= 11 is 0. The van der Waals surface area contributed by atoms with Crippen molar-refractivity contribution in [3.63, 3.8) is 0 Å². The van der Waals surface area contributed by atoms with E-state index in [-0.39, 0.29) is 32.6 Å². The van der Waals surface area contributed by atoms with Crippen molar-refractivity contribution in [2.24, 2.45) is 5.73 Å². The summed E-state index contributed by atoms with van der Waals surface area (Å²) in [5.74, 6) is -0.923. The number of phosphoric ester groups is 1. The first kappa shape index (κ1) is 51.9. The van der Waals surface area contributed by atoms with Crippen molar-refractivity contribution in [2.75, 3.05) is 26.4 Å². The predicted octanol–water partition coefficient (Wildman–Crippen LogP) is 10.00. The van der Waals surface area contributed by atoms with Crippen molar-refractivity contribution < 1.29 is 47.8 Å². The van der Waals surface area contributed by atoms with Gasteiger partial charge in [0.1, 0.15) is 6.61 Å². The molecule has 0 spiro atoms. The summed E-state index contributed by atoms with van der Waals surface area (Å²) in [5.41, 5.74) is 5.33. The van der Waals surface area contributed by atoms with Gasteiger partial charge < -0.3 is 30.3 Å². The van der Waals surface area contributed by atoms with Crippen LogP contribution in [0.5, 0.6) is 0 Å². The third-order valence-corrected chi connectivity index (χ3v) is 10.7. The summed E-state index contributed by atoms with van der Waals surface area (Å²) in [7, 11) is -4.41. The van der Waals surface area contributed by atoms with Crippen LogP contribution in [0.15, 0.2) is 0 Å². The smallest absolute Gasteiger partial charge is 0.462 e. The van der Waals surface area contributed by atoms with Gasteiger partial charge in [0.15, 0.2) is 6.10 Å². The fraction of sp³-hybridized carbons (Fsp3) is 0.951.